The van der Waals surface area contributed by atoms with E-state index >= 15 is 0 Å². The van der Waals surface area contributed by atoms with Crippen molar-refractivity contribution in [1.29, 1.82) is 0 Å². The summed E-state index contributed by atoms with van der Waals surface area (Å²) in [7, 11) is 0. The number of carbonyl (C=O) groups excluding carboxylic acids is 1. The molecule has 4 heteroatoms. The summed E-state index contributed by atoms with van der Waals surface area (Å²) in [6.45, 7) is 6.31. The largest absolute Gasteiger partial charge is 0.508 e. The first-order chi connectivity index (χ1) is 11.7. The summed E-state index contributed by atoms with van der Waals surface area (Å²) in [5.41, 5.74) is 0.406. The molecule has 0 bridgehead atoms. The lowest BCUT2D eigenvalue weighted by Gasteiger charge is -2.56. The molecule has 0 radical (unpaired) electrons. The van der Waals surface area contributed by atoms with Crippen LogP contribution in [-0.2, 0) is 9.59 Å². The van der Waals surface area contributed by atoms with Crippen molar-refractivity contribution in [2.75, 3.05) is 0 Å². The Bertz CT molecular complexity index is 705. The van der Waals surface area contributed by atoms with E-state index < -0.39 is 11.4 Å². The monoisotopic (exact) mass is 344 g/mol. The number of hydrogen-bond acceptors (Lipinski definition) is 3. The minimum atomic E-state index is -0.653. The molecular weight excluding hydrogens is 316 g/mol. The second kappa shape index (κ2) is 5.21. The van der Waals surface area contributed by atoms with E-state index in [1.54, 1.807) is 6.08 Å². The minimum absolute atomic E-state index is 0.0293. The van der Waals surface area contributed by atoms with Crippen LogP contribution < -0.4 is 0 Å². The molecule has 2 N–H and O–H groups in total. The fourth-order valence-corrected chi connectivity index (χ4v) is 7.18. The minimum Gasteiger partial charge on any atom is -0.508 e. The zero-order valence-corrected chi connectivity index (χ0v) is 15.3. The molecule has 136 valence electrons. The van der Waals surface area contributed by atoms with Gasteiger partial charge in [0.05, 0.1) is 11.3 Å². The van der Waals surface area contributed by atoms with E-state index in [0.29, 0.717) is 11.8 Å². The lowest BCUT2D eigenvalue weighted by Crippen LogP contribution is -2.53. The summed E-state index contributed by atoms with van der Waals surface area (Å²) in [5.74, 6) is 0.440. The maximum Gasteiger partial charge on any atom is 0.307 e. The number of fused-ring (bicyclic) bond motifs is 5. The predicted octanol–water partition coefficient (Wildman–Crippen LogP) is 4.13. The van der Waals surface area contributed by atoms with Crippen LogP contribution in [0.2, 0.25) is 0 Å². The summed E-state index contributed by atoms with van der Waals surface area (Å²) in [5, 5.41) is 19.6. The molecule has 0 amide bonds. The van der Waals surface area contributed by atoms with E-state index in [9.17, 15) is 19.8 Å². The number of carboxylic acid groups (broad SMARTS) is 1. The molecule has 4 rings (SSSR count). The van der Waals surface area contributed by atoms with Gasteiger partial charge in [0.2, 0.25) is 0 Å². The van der Waals surface area contributed by atoms with Gasteiger partial charge >= 0.3 is 5.97 Å². The van der Waals surface area contributed by atoms with Crippen LogP contribution in [-0.4, -0.2) is 22.0 Å². The van der Waals surface area contributed by atoms with Crippen LogP contribution >= 0.6 is 0 Å². The Morgan fingerprint density at radius 3 is 2.60 bits per heavy atom. The van der Waals surface area contributed by atoms with Crippen LogP contribution in [0.15, 0.2) is 23.5 Å². The van der Waals surface area contributed by atoms with Gasteiger partial charge < -0.3 is 10.2 Å². The first-order valence-corrected chi connectivity index (χ1v) is 9.58. The highest BCUT2D eigenvalue weighted by atomic mass is 16.4. The molecule has 0 aromatic carbocycles. The number of ketones is 1. The summed E-state index contributed by atoms with van der Waals surface area (Å²) < 4.78 is 0. The van der Waals surface area contributed by atoms with Gasteiger partial charge in [0.25, 0.3) is 0 Å². The molecule has 0 aliphatic heterocycles. The fourth-order valence-electron chi connectivity index (χ4n) is 7.18. The number of aliphatic carboxylic acids is 1. The van der Waals surface area contributed by atoms with Gasteiger partial charge in [0, 0.05) is 6.08 Å². The Morgan fingerprint density at radius 1 is 1.20 bits per heavy atom. The van der Waals surface area contributed by atoms with Crippen molar-refractivity contribution >= 4 is 11.8 Å². The molecule has 4 aliphatic carbocycles. The Kier molecular flexibility index (Phi) is 3.52. The maximum absolute atomic E-state index is 12.9. The van der Waals surface area contributed by atoms with Gasteiger partial charge in [-0.1, -0.05) is 19.4 Å². The van der Waals surface area contributed by atoms with Crippen LogP contribution in [0.25, 0.3) is 0 Å². The van der Waals surface area contributed by atoms with Crippen molar-refractivity contribution in [2.24, 2.45) is 40.4 Å². The van der Waals surface area contributed by atoms with Crippen molar-refractivity contribution in [3.05, 3.63) is 23.5 Å². The second-order valence-electron chi connectivity index (χ2n) is 9.29. The quantitative estimate of drug-likeness (QED) is 0.750. The summed E-state index contributed by atoms with van der Waals surface area (Å²) in [6.07, 6.45) is 7.76. The molecule has 0 aromatic rings. The molecule has 4 aliphatic rings. The number of carboxylic acids is 1. The van der Waals surface area contributed by atoms with E-state index in [-0.39, 0.29) is 34.7 Å². The van der Waals surface area contributed by atoms with E-state index in [0.717, 1.165) is 37.7 Å². The molecule has 3 fully saturated rings. The zero-order valence-electron chi connectivity index (χ0n) is 15.3. The topological polar surface area (TPSA) is 74.6 Å². The predicted molar refractivity (Wildman–Crippen MR) is 93.9 cm³/mol. The number of hydrogen-bond donors (Lipinski definition) is 2. The number of carbonyl (C=O) groups is 2. The normalized spacial score (nSPS) is 48.8. The average molecular weight is 344 g/mol. The highest BCUT2D eigenvalue weighted by molar-refractivity contribution is 5.99. The Labute approximate surface area is 149 Å². The average Bonchev–Trinajstić information content (AvgIpc) is 2.79. The maximum atomic E-state index is 12.9. The smallest absolute Gasteiger partial charge is 0.307 e. The molecule has 0 aromatic heterocycles. The van der Waals surface area contributed by atoms with Crippen molar-refractivity contribution < 1.29 is 19.8 Å². The van der Waals surface area contributed by atoms with Crippen molar-refractivity contribution in [2.45, 2.75) is 52.9 Å². The van der Waals surface area contributed by atoms with Crippen LogP contribution in [0.4, 0.5) is 0 Å². The van der Waals surface area contributed by atoms with Gasteiger partial charge in [0.1, 0.15) is 5.76 Å². The zero-order chi connectivity index (χ0) is 18.1. The molecule has 0 saturated heterocycles. The van der Waals surface area contributed by atoms with Gasteiger partial charge in [0.15, 0.2) is 5.78 Å². The van der Waals surface area contributed by atoms with E-state index in [1.165, 1.54) is 6.08 Å². The lowest BCUT2D eigenvalue weighted by molar-refractivity contribution is -0.151. The Balaban J connectivity index is 1.72. The SMILES string of the molecule is CC1C[C@H]2[C@@H]3CCC4=CC(O)=CC(=O)[C@]4(C)[C@H]3CC[C@]2(C)C1C(=O)O. The fraction of sp³-hybridized carbons (Fsp3) is 0.714. The van der Waals surface area contributed by atoms with Gasteiger partial charge in [-0.2, -0.15) is 0 Å². The van der Waals surface area contributed by atoms with Crippen molar-refractivity contribution in [1.82, 2.24) is 0 Å². The molecular formula is C21H28O4. The summed E-state index contributed by atoms with van der Waals surface area (Å²) in [4.78, 5) is 24.8. The highest BCUT2D eigenvalue weighted by Crippen LogP contribution is 2.67. The third-order valence-electron chi connectivity index (χ3n) is 8.31. The van der Waals surface area contributed by atoms with Gasteiger partial charge in [-0.05, 0) is 74.2 Å². The van der Waals surface area contributed by atoms with E-state index in [2.05, 4.69) is 20.8 Å². The number of rotatable bonds is 1. The van der Waals surface area contributed by atoms with Crippen LogP contribution in [0.5, 0.6) is 0 Å². The molecule has 0 spiro atoms. The van der Waals surface area contributed by atoms with Gasteiger partial charge in [-0.3, -0.25) is 9.59 Å². The summed E-state index contributed by atoms with van der Waals surface area (Å²) in [6, 6.07) is 0. The number of aliphatic hydroxyl groups excluding tert-OH is 1. The third kappa shape index (κ3) is 2.06. The number of allylic oxidation sites excluding steroid dienone is 3. The molecule has 0 heterocycles. The van der Waals surface area contributed by atoms with Crippen LogP contribution in [0.3, 0.4) is 0 Å². The van der Waals surface area contributed by atoms with E-state index in [4.69, 9.17) is 0 Å². The second-order valence-corrected chi connectivity index (χ2v) is 9.29. The standard InChI is InChI=1S/C21H28O4/c1-11-8-16-14-5-4-12-9-13(22)10-17(23)21(12,3)15(14)6-7-20(16,2)18(11)19(24)25/h9-11,14-16,18,22H,4-8H2,1-3H3,(H,24,25)/t11?,14-,15+,16+,18?,20+,21+/m1/s1. The first kappa shape index (κ1) is 16.9. The molecule has 4 nitrogen and oxygen atoms in total. The molecule has 2 unspecified atom stereocenters. The van der Waals surface area contributed by atoms with Gasteiger partial charge in [-0.25, -0.2) is 0 Å². The highest BCUT2D eigenvalue weighted by Gasteiger charge is 2.63. The van der Waals surface area contributed by atoms with Crippen LogP contribution in [0, 0.1) is 40.4 Å². The van der Waals surface area contributed by atoms with E-state index in [1.807, 2.05) is 0 Å². The van der Waals surface area contributed by atoms with Crippen molar-refractivity contribution in [3.63, 3.8) is 0 Å². The summed E-state index contributed by atoms with van der Waals surface area (Å²) >= 11 is 0. The lowest BCUT2D eigenvalue weighted by atomic mass is 9.47. The van der Waals surface area contributed by atoms with Gasteiger partial charge in [-0.15, -0.1) is 0 Å². The third-order valence-corrected chi connectivity index (χ3v) is 8.31. The van der Waals surface area contributed by atoms with Crippen molar-refractivity contribution in [3.8, 4) is 0 Å². The Morgan fingerprint density at radius 2 is 1.92 bits per heavy atom. The van der Waals surface area contributed by atoms with Crippen LogP contribution in [0.1, 0.15) is 52.9 Å². The molecule has 25 heavy (non-hydrogen) atoms. The molecule has 3 saturated carbocycles. The molecule has 7 atom stereocenters. The number of aliphatic hydroxyl groups is 1. The first-order valence-electron chi connectivity index (χ1n) is 9.58. The Hall–Kier alpha value is -1.58.